The number of amidine groups is 1. The Hall–Kier alpha value is -2.55. The standard InChI is InChI=1S/C19H21F2N5OS/c20-15-10-12(14-6-2-8-24-19(14)28-13-4-1-5-13)11-16(21)18(15)27-9-3-7-17(22)25-26-23/h2,6,8,10-11,13H,1,3-5,7,9H2,(H3,22,23,25). The number of aromatic nitrogens is 1. The van der Waals surface area contributed by atoms with Gasteiger partial charge in [0.2, 0.25) is 0 Å². The molecule has 0 spiro atoms. The van der Waals surface area contributed by atoms with E-state index in [-0.39, 0.29) is 12.4 Å². The van der Waals surface area contributed by atoms with Crippen LogP contribution in [-0.4, -0.2) is 22.7 Å². The van der Waals surface area contributed by atoms with E-state index in [0.717, 1.165) is 17.9 Å². The van der Waals surface area contributed by atoms with Crippen LogP contribution >= 0.6 is 11.8 Å². The highest BCUT2D eigenvalue weighted by Gasteiger charge is 2.22. The van der Waals surface area contributed by atoms with Gasteiger partial charge in [-0.25, -0.2) is 13.8 Å². The number of halogens is 2. The lowest BCUT2D eigenvalue weighted by Gasteiger charge is -2.25. The van der Waals surface area contributed by atoms with Gasteiger partial charge in [-0.2, -0.15) is 5.53 Å². The number of nitrogens with two attached hydrogens (primary N) is 1. The summed E-state index contributed by atoms with van der Waals surface area (Å²) in [7, 11) is 0. The summed E-state index contributed by atoms with van der Waals surface area (Å²) in [4.78, 5) is 4.39. The Kier molecular flexibility index (Phi) is 6.91. The largest absolute Gasteiger partial charge is 0.488 e. The molecule has 28 heavy (non-hydrogen) atoms. The Balaban J connectivity index is 1.71. The second kappa shape index (κ2) is 9.59. The van der Waals surface area contributed by atoms with Gasteiger partial charge in [0, 0.05) is 23.4 Å². The first-order valence-corrected chi connectivity index (χ1v) is 9.89. The van der Waals surface area contributed by atoms with Gasteiger partial charge >= 0.3 is 0 Å². The predicted octanol–water partition coefficient (Wildman–Crippen LogP) is 5.13. The highest BCUT2D eigenvalue weighted by Crippen LogP contribution is 2.40. The molecule has 0 atom stereocenters. The normalized spacial score (nSPS) is 14.6. The molecule has 0 radical (unpaired) electrons. The molecule has 0 aliphatic heterocycles. The second-order valence-corrected chi connectivity index (χ2v) is 7.73. The summed E-state index contributed by atoms with van der Waals surface area (Å²) in [6.07, 6.45) is 5.90. The molecule has 9 heteroatoms. The lowest BCUT2D eigenvalue weighted by molar-refractivity contribution is 0.282. The van der Waals surface area contributed by atoms with Crippen LogP contribution < -0.4 is 10.5 Å². The molecule has 0 unspecified atom stereocenters. The minimum atomic E-state index is -0.763. The number of hydrogen-bond acceptors (Lipinski definition) is 5. The van der Waals surface area contributed by atoms with Crippen LogP contribution in [0.3, 0.4) is 0 Å². The van der Waals surface area contributed by atoms with Crippen LogP contribution in [0.25, 0.3) is 11.1 Å². The molecule has 148 valence electrons. The Morgan fingerprint density at radius 3 is 2.71 bits per heavy atom. The van der Waals surface area contributed by atoms with E-state index in [0.29, 0.717) is 29.2 Å². The van der Waals surface area contributed by atoms with Crippen molar-refractivity contribution < 1.29 is 13.5 Å². The first-order chi connectivity index (χ1) is 13.6. The van der Waals surface area contributed by atoms with Gasteiger partial charge < -0.3 is 10.5 Å². The van der Waals surface area contributed by atoms with Crippen LogP contribution in [0, 0.1) is 17.2 Å². The molecule has 6 nitrogen and oxygen atoms in total. The number of hydrogen-bond donors (Lipinski definition) is 2. The zero-order valence-corrected chi connectivity index (χ0v) is 16.0. The fraction of sp³-hybridized carbons (Fsp3) is 0.368. The zero-order valence-electron chi connectivity index (χ0n) is 15.2. The third-order valence-corrected chi connectivity index (χ3v) is 5.77. The van der Waals surface area contributed by atoms with Crippen molar-refractivity contribution in [1.82, 2.24) is 4.98 Å². The van der Waals surface area contributed by atoms with E-state index in [1.54, 1.807) is 24.0 Å². The first-order valence-electron chi connectivity index (χ1n) is 9.01. The van der Waals surface area contributed by atoms with Crippen molar-refractivity contribution in [1.29, 1.82) is 5.53 Å². The van der Waals surface area contributed by atoms with Crippen molar-refractivity contribution in [3.05, 3.63) is 42.1 Å². The molecule has 1 aliphatic carbocycles. The molecule has 1 aliphatic rings. The van der Waals surface area contributed by atoms with Gasteiger partial charge in [0.1, 0.15) is 10.9 Å². The highest BCUT2D eigenvalue weighted by molar-refractivity contribution is 8.00. The molecule has 0 amide bonds. The van der Waals surface area contributed by atoms with E-state index < -0.39 is 17.4 Å². The predicted molar refractivity (Wildman–Crippen MR) is 105 cm³/mol. The lowest BCUT2D eigenvalue weighted by Crippen LogP contribution is -2.13. The Morgan fingerprint density at radius 2 is 2.07 bits per heavy atom. The topological polar surface area (TPSA) is 96.7 Å². The van der Waals surface area contributed by atoms with Crippen molar-refractivity contribution >= 4 is 17.6 Å². The van der Waals surface area contributed by atoms with E-state index in [2.05, 4.69) is 15.3 Å². The van der Waals surface area contributed by atoms with E-state index in [9.17, 15) is 8.78 Å². The van der Waals surface area contributed by atoms with Crippen LogP contribution in [0.2, 0.25) is 0 Å². The maximum Gasteiger partial charge on any atom is 0.190 e. The molecule has 3 rings (SSSR count). The fourth-order valence-electron chi connectivity index (χ4n) is 2.75. The average molecular weight is 405 g/mol. The second-order valence-electron chi connectivity index (χ2n) is 6.44. The summed E-state index contributed by atoms with van der Waals surface area (Å²) < 4.78 is 34.2. The Bertz CT molecular complexity index is 850. The molecule has 0 bridgehead atoms. The average Bonchev–Trinajstić information content (AvgIpc) is 2.64. The monoisotopic (exact) mass is 405 g/mol. The van der Waals surface area contributed by atoms with Crippen LogP contribution in [0.15, 0.2) is 45.8 Å². The van der Waals surface area contributed by atoms with Crippen LogP contribution in [0.4, 0.5) is 8.78 Å². The van der Waals surface area contributed by atoms with Crippen molar-refractivity contribution in [3.63, 3.8) is 0 Å². The Morgan fingerprint density at radius 1 is 1.32 bits per heavy atom. The third-order valence-electron chi connectivity index (χ3n) is 4.41. The van der Waals surface area contributed by atoms with E-state index in [1.165, 1.54) is 18.6 Å². The molecule has 1 heterocycles. The van der Waals surface area contributed by atoms with Gasteiger partial charge in [-0.3, -0.25) is 0 Å². The minimum absolute atomic E-state index is 0.0665. The molecular formula is C19H21F2N5OS. The lowest BCUT2D eigenvalue weighted by atomic mass is 10.00. The fourth-order valence-corrected chi connectivity index (χ4v) is 4.07. The summed E-state index contributed by atoms with van der Waals surface area (Å²) in [6.45, 7) is 0.0665. The molecule has 1 aromatic carbocycles. The van der Waals surface area contributed by atoms with Gasteiger partial charge in [0.25, 0.3) is 0 Å². The van der Waals surface area contributed by atoms with Gasteiger partial charge in [-0.05, 0) is 43.0 Å². The summed E-state index contributed by atoms with van der Waals surface area (Å²) >= 11 is 1.66. The third kappa shape index (κ3) is 5.03. The molecule has 1 fully saturated rings. The van der Waals surface area contributed by atoms with Crippen molar-refractivity contribution in [3.8, 4) is 16.9 Å². The van der Waals surface area contributed by atoms with Gasteiger partial charge in [-0.1, -0.05) is 17.7 Å². The number of benzene rings is 1. The number of nitrogens with one attached hydrogen (secondary N) is 1. The van der Waals surface area contributed by atoms with Crippen LogP contribution in [-0.2, 0) is 0 Å². The van der Waals surface area contributed by atoms with Crippen molar-refractivity contribution in [2.75, 3.05) is 6.61 Å². The minimum Gasteiger partial charge on any atom is -0.488 e. The van der Waals surface area contributed by atoms with Crippen molar-refractivity contribution in [2.45, 2.75) is 42.4 Å². The number of nitrogens with zero attached hydrogens (tertiary/aromatic N) is 3. The SMILES string of the molecule is N=N/N=C(\N)CCCOc1c(F)cc(-c2cccnc2SC2CCC2)cc1F. The first kappa shape index (κ1) is 20.2. The number of pyridine rings is 1. The van der Waals surface area contributed by atoms with E-state index in [4.69, 9.17) is 16.0 Å². The highest BCUT2D eigenvalue weighted by atomic mass is 32.2. The molecule has 2 aromatic rings. The number of rotatable bonds is 9. The smallest absolute Gasteiger partial charge is 0.190 e. The zero-order chi connectivity index (χ0) is 19.9. The summed E-state index contributed by atoms with van der Waals surface area (Å²) in [5, 5.41) is 7.49. The van der Waals surface area contributed by atoms with Gasteiger partial charge in [0.05, 0.1) is 6.61 Å². The van der Waals surface area contributed by atoms with Crippen LogP contribution in [0.5, 0.6) is 5.75 Å². The van der Waals surface area contributed by atoms with Gasteiger partial charge in [0.15, 0.2) is 17.4 Å². The number of thioether (sulfide) groups is 1. The quantitative estimate of drug-likeness (QED) is 0.199. The molecule has 1 saturated carbocycles. The molecule has 0 saturated heterocycles. The maximum absolute atomic E-state index is 14.5. The van der Waals surface area contributed by atoms with Crippen LogP contribution in [0.1, 0.15) is 32.1 Å². The number of ether oxygens (including phenoxy) is 1. The maximum atomic E-state index is 14.5. The Labute approximate surface area is 166 Å². The van der Waals surface area contributed by atoms with Crippen molar-refractivity contribution in [2.24, 2.45) is 16.1 Å². The van der Waals surface area contributed by atoms with E-state index >= 15 is 0 Å². The molecule has 1 aromatic heterocycles. The summed E-state index contributed by atoms with van der Waals surface area (Å²) in [5.41, 5.74) is 13.2. The molecule has 3 N–H and O–H groups in total. The molecular weight excluding hydrogens is 384 g/mol. The van der Waals surface area contributed by atoms with Gasteiger partial charge in [-0.15, -0.1) is 16.9 Å². The summed E-state index contributed by atoms with van der Waals surface area (Å²) in [5.74, 6) is -1.77. The van der Waals surface area contributed by atoms with E-state index in [1.807, 2.05) is 6.07 Å². The summed E-state index contributed by atoms with van der Waals surface area (Å²) in [6, 6.07) is 6.13.